The van der Waals surface area contributed by atoms with Crippen LogP contribution in [0.1, 0.15) is 0 Å². The molecule has 1 rings (SSSR count). The molecule has 0 saturated heterocycles. The average Bonchev–Trinajstić information content (AvgIpc) is 1.98. The van der Waals surface area contributed by atoms with Gasteiger partial charge >= 0.3 is 10.5 Å². The van der Waals surface area contributed by atoms with Crippen molar-refractivity contribution in [1.29, 1.82) is 0 Å². The van der Waals surface area contributed by atoms with Gasteiger partial charge in [-0.3, -0.25) is 0 Å². The topological polar surface area (TPSA) is 6.48 Å². The van der Waals surface area contributed by atoms with Gasteiger partial charge in [-0.2, -0.15) is 8.61 Å². The van der Waals surface area contributed by atoms with Gasteiger partial charge in [0.05, 0.1) is 26.5 Å². The molecule has 1 aliphatic rings. The maximum atomic E-state index is 5.83. The minimum absolute atomic E-state index is 0.235. The van der Waals surface area contributed by atoms with Crippen LogP contribution in [0.3, 0.4) is 0 Å². The molecule has 8 heavy (non-hydrogen) atoms. The monoisotopic (exact) mass is 151 g/mol. The molecule has 0 aromatic rings. The molecule has 46 valence electrons. The van der Waals surface area contributed by atoms with Gasteiger partial charge in [0.1, 0.15) is 0 Å². The number of halogens is 1. The molecule has 4 heteroatoms. The van der Waals surface area contributed by atoms with Crippen molar-refractivity contribution in [3.63, 3.8) is 0 Å². The molecular weight excluding hydrogens is 144 g/mol. The van der Waals surface area contributed by atoms with E-state index < -0.39 is 0 Å². The largest absolute Gasteiger partial charge is 0.343 e. The van der Waals surface area contributed by atoms with Gasteiger partial charge in [-0.25, -0.2) is 0 Å². The molecular formula is C4H8ClN2S+. The van der Waals surface area contributed by atoms with Gasteiger partial charge in [-0.1, -0.05) is 0 Å². The van der Waals surface area contributed by atoms with E-state index in [1.165, 1.54) is 0 Å². The minimum Gasteiger partial charge on any atom is -0.163 e. The Hall–Kier alpha value is -0.0200. The van der Waals surface area contributed by atoms with Gasteiger partial charge in [0.2, 0.25) is 10.7 Å². The summed E-state index contributed by atoms with van der Waals surface area (Å²) in [5, 5.41) is 0. The Bertz CT molecular complexity index is 105. The van der Waals surface area contributed by atoms with Crippen LogP contribution in [-0.2, 0) is 10.5 Å². The zero-order valence-corrected chi connectivity index (χ0v) is 6.41. The van der Waals surface area contributed by atoms with Crippen molar-refractivity contribution in [2.45, 2.75) is 0 Å². The first kappa shape index (κ1) is 6.11. The van der Waals surface area contributed by atoms with Crippen LogP contribution in [0.4, 0.5) is 0 Å². The lowest BCUT2D eigenvalue weighted by molar-refractivity contribution is 0.743. The Balaban J connectivity index is 2.55. The predicted molar refractivity (Wildman–Crippen MR) is 37.9 cm³/mol. The number of hydrogen-bond donors (Lipinski definition) is 0. The molecule has 1 aliphatic heterocycles. The van der Waals surface area contributed by atoms with Crippen LogP contribution in [0.2, 0.25) is 0 Å². The molecule has 0 aliphatic carbocycles. The fourth-order valence-electron chi connectivity index (χ4n) is 0.491. The molecule has 0 atom stereocenters. The SMILES string of the molecule is CN1C=CN(C)[S+]1Cl. The summed E-state index contributed by atoms with van der Waals surface area (Å²) < 4.78 is 3.92. The van der Waals surface area contributed by atoms with Crippen molar-refractivity contribution in [3.05, 3.63) is 12.4 Å². The van der Waals surface area contributed by atoms with Crippen LogP contribution in [0.15, 0.2) is 12.4 Å². The van der Waals surface area contributed by atoms with Crippen molar-refractivity contribution >= 4 is 21.2 Å². The summed E-state index contributed by atoms with van der Waals surface area (Å²) in [6, 6.07) is 0. The Labute approximate surface area is 56.8 Å². The third kappa shape index (κ3) is 0.880. The normalized spacial score (nSPS) is 20.9. The molecule has 0 aromatic carbocycles. The van der Waals surface area contributed by atoms with Gasteiger partial charge in [0, 0.05) is 0 Å². The van der Waals surface area contributed by atoms with E-state index in [-0.39, 0.29) is 10.5 Å². The highest BCUT2D eigenvalue weighted by atomic mass is 35.7. The van der Waals surface area contributed by atoms with Crippen LogP contribution in [-0.4, -0.2) is 22.7 Å². The highest BCUT2D eigenvalue weighted by Crippen LogP contribution is 2.18. The molecule has 0 spiro atoms. The Morgan fingerprint density at radius 1 is 1.25 bits per heavy atom. The van der Waals surface area contributed by atoms with E-state index >= 15 is 0 Å². The predicted octanol–water partition coefficient (Wildman–Crippen LogP) is 0.937. The minimum atomic E-state index is -0.235. The van der Waals surface area contributed by atoms with E-state index in [0.717, 1.165) is 0 Å². The molecule has 0 bridgehead atoms. The fourth-order valence-corrected chi connectivity index (χ4v) is 1.48. The van der Waals surface area contributed by atoms with Crippen molar-refractivity contribution in [2.75, 3.05) is 14.1 Å². The first-order valence-electron chi connectivity index (χ1n) is 2.26. The number of nitrogens with zero attached hydrogens (tertiary/aromatic N) is 2. The summed E-state index contributed by atoms with van der Waals surface area (Å²) in [5.74, 6) is 0. The Morgan fingerprint density at radius 2 is 1.62 bits per heavy atom. The molecule has 0 fully saturated rings. The zero-order valence-electron chi connectivity index (χ0n) is 4.84. The zero-order chi connectivity index (χ0) is 6.15. The van der Waals surface area contributed by atoms with Crippen LogP contribution in [0, 0.1) is 0 Å². The van der Waals surface area contributed by atoms with Crippen molar-refractivity contribution < 1.29 is 0 Å². The molecule has 2 nitrogen and oxygen atoms in total. The van der Waals surface area contributed by atoms with E-state index in [1.807, 2.05) is 35.1 Å². The highest BCUT2D eigenvalue weighted by Gasteiger charge is 2.30. The quantitative estimate of drug-likeness (QED) is 0.476. The first-order chi connectivity index (χ1) is 3.72. The van der Waals surface area contributed by atoms with Crippen LogP contribution in [0.5, 0.6) is 0 Å². The summed E-state index contributed by atoms with van der Waals surface area (Å²) in [6.07, 6.45) is 3.91. The summed E-state index contributed by atoms with van der Waals surface area (Å²) in [6.45, 7) is 0. The third-order valence-electron chi connectivity index (χ3n) is 0.962. The number of hydrogen-bond acceptors (Lipinski definition) is 2. The maximum absolute atomic E-state index is 5.83. The van der Waals surface area contributed by atoms with E-state index in [4.69, 9.17) is 10.7 Å². The summed E-state index contributed by atoms with van der Waals surface area (Å²) in [7, 11) is 9.50. The summed E-state index contributed by atoms with van der Waals surface area (Å²) >= 11 is 0. The first-order valence-corrected chi connectivity index (χ1v) is 4.23. The second-order valence-corrected chi connectivity index (χ2v) is 4.03. The molecule has 0 saturated carbocycles. The second kappa shape index (κ2) is 2.07. The van der Waals surface area contributed by atoms with E-state index in [0.29, 0.717) is 0 Å². The van der Waals surface area contributed by atoms with E-state index in [9.17, 15) is 0 Å². The molecule has 0 amide bonds. The fraction of sp³-hybridized carbons (Fsp3) is 0.500. The Kier molecular flexibility index (Phi) is 1.58. The standard InChI is InChI=1S/C4H8ClN2S/c1-6-3-4-7(2)8(6)5/h3-4H,1-2H3/q+1. The van der Waals surface area contributed by atoms with Crippen LogP contribution < -0.4 is 0 Å². The van der Waals surface area contributed by atoms with Gasteiger partial charge < -0.3 is 0 Å². The van der Waals surface area contributed by atoms with Crippen LogP contribution in [0.25, 0.3) is 0 Å². The second-order valence-electron chi connectivity index (χ2n) is 1.61. The molecule has 0 N–H and O–H groups in total. The van der Waals surface area contributed by atoms with E-state index in [2.05, 4.69) is 0 Å². The lowest BCUT2D eigenvalue weighted by atomic mass is 10.9. The Morgan fingerprint density at radius 3 is 1.75 bits per heavy atom. The number of rotatable bonds is 0. The molecule has 0 aromatic heterocycles. The highest BCUT2D eigenvalue weighted by molar-refractivity contribution is 8.14. The third-order valence-corrected chi connectivity index (χ3v) is 3.46. The smallest absolute Gasteiger partial charge is 0.163 e. The average molecular weight is 152 g/mol. The molecule has 0 unspecified atom stereocenters. The lowest BCUT2D eigenvalue weighted by Crippen LogP contribution is -2.21. The van der Waals surface area contributed by atoms with Crippen LogP contribution >= 0.6 is 10.7 Å². The van der Waals surface area contributed by atoms with Crippen molar-refractivity contribution in [3.8, 4) is 0 Å². The van der Waals surface area contributed by atoms with Gasteiger partial charge in [0.25, 0.3) is 0 Å². The van der Waals surface area contributed by atoms with E-state index in [1.54, 1.807) is 0 Å². The van der Waals surface area contributed by atoms with Crippen molar-refractivity contribution in [1.82, 2.24) is 8.61 Å². The molecule has 0 radical (unpaired) electrons. The summed E-state index contributed by atoms with van der Waals surface area (Å²) in [5.41, 5.74) is 0. The van der Waals surface area contributed by atoms with Gasteiger partial charge in [-0.15, -0.1) is 0 Å². The maximum Gasteiger partial charge on any atom is 0.343 e. The van der Waals surface area contributed by atoms with Gasteiger partial charge in [0.15, 0.2) is 0 Å². The van der Waals surface area contributed by atoms with Gasteiger partial charge in [-0.05, 0) is 0 Å². The lowest BCUT2D eigenvalue weighted by Gasteiger charge is -2.03. The summed E-state index contributed by atoms with van der Waals surface area (Å²) in [4.78, 5) is 0. The van der Waals surface area contributed by atoms with Crippen molar-refractivity contribution in [2.24, 2.45) is 0 Å². The molecule has 1 heterocycles.